The van der Waals surface area contributed by atoms with Crippen LogP contribution in [0.4, 0.5) is 10.1 Å². The second kappa shape index (κ2) is 8.05. The average Bonchev–Trinajstić information content (AvgIpc) is 2.54. The molecule has 0 bridgehead atoms. The normalized spacial score (nSPS) is 11.6. The molecule has 25 heavy (non-hydrogen) atoms. The van der Waals surface area contributed by atoms with Crippen molar-refractivity contribution >= 4 is 23.5 Å². The Morgan fingerprint density at radius 1 is 1.12 bits per heavy atom. The van der Waals surface area contributed by atoms with Gasteiger partial charge >= 0.3 is 5.97 Å². The lowest BCUT2D eigenvalue weighted by molar-refractivity contribution is -0.143. The predicted octanol–water partition coefficient (Wildman–Crippen LogP) is 2.20. The first-order valence-corrected chi connectivity index (χ1v) is 7.52. The van der Waals surface area contributed by atoms with Crippen molar-refractivity contribution < 1.29 is 23.9 Å². The van der Waals surface area contributed by atoms with Gasteiger partial charge in [0.2, 0.25) is 5.91 Å². The van der Waals surface area contributed by atoms with Crippen molar-refractivity contribution in [2.24, 2.45) is 11.7 Å². The summed E-state index contributed by atoms with van der Waals surface area (Å²) >= 11 is 0. The molecule has 0 fully saturated rings. The van der Waals surface area contributed by atoms with E-state index in [1.54, 1.807) is 24.3 Å². The van der Waals surface area contributed by atoms with Crippen LogP contribution in [0.5, 0.6) is 0 Å². The fraction of sp³-hybridized carbons (Fsp3) is 0.167. The third-order valence-electron chi connectivity index (χ3n) is 3.62. The minimum atomic E-state index is -1.09. The first-order valence-electron chi connectivity index (χ1n) is 7.52. The van der Waals surface area contributed by atoms with Crippen LogP contribution in [0.1, 0.15) is 22.3 Å². The summed E-state index contributed by atoms with van der Waals surface area (Å²) in [6.45, 7) is 0. The van der Waals surface area contributed by atoms with Crippen LogP contribution in [0.15, 0.2) is 48.5 Å². The predicted molar refractivity (Wildman–Crippen MR) is 89.4 cm³/mol. The highest BCUT2D eigenvalue weighted by Gasteiger charge is 2.22. The Morgan fingerprint density at radius 2 is 1.80 bits per heavy atom. The Balaban J connectivity index is 2.03. The molecule has 2 aromatic rings. The van der Waals surface area contributed by atoms with Crippen molar-refractivity contribution in [3.63, 3.8) is 0 Å². The lowest BCUT2D eigenvalue weighted by Crippen LogP contribution is -2.24. The van der Waals surface area contributed by atoms with E-state index in [1.807, 2.05) is 6.07 Å². The molecule has 0 aliphatic carbocycles. The molecule has 2 aromatic carbocycles. The maximum atomic E-state index is 13.7. The smallest absolute Gasteiger partial charge is 0.307 e. The fourth-order valence-corrected chi connectivity index (χ4v) is 2.37. The van der Waals surface area contributed by atoms with Gasteiger partial charge in [-0.3, -0.25) is 14.4 Å². The Kier molecular flexibility index (Phi) is 5.84. The molecule has 2 amide bonds. The highest BCUT2D eigenvalue weighted by atomic mass is 19.1. The largest absolute Gasteiger partial charge is 0.481 e. The van der Waals surface area contributed by atoms with Crippen molar-refractivity contribution in [3.8, 4) is 0 Å². The van der Waals surface area contributed by atoms with Gasteiger partial charge in [-0.2, -0.15) is 0 Å². The number of amides is 2. The Bertz CT molecular complexity index is 793. The molecular formula is C18H17FN2O4. The third-order valence-corrected chi connectivity index (χ3v) is 3.62. The molecule has 6 nitrogen and oxygen atoms in total. The molecule has 0 aliphatic rings. The van der Waals surface area contributed by atoms with Crippen molar-refractivity contribution in [1.29, 1.82) is 0 Å². The van der Waals surface area contributed by atoms with E-state index in [2.05, 4.69) is 5.32 Å². The quantitative estimate of drug-likeness (QED) is 0.715. The molecule has 7 heteroatoms. The van der Waals surface area contributed by atoms with Crippen molar-refractivity contribution in [2.75, 3.05) is 5.32 Å². The highest BCUT2D eigenvalue weighted by Crippen LogP contribution is 2.17. The molecule has 130 valence electrons. The number of hydrogen-bond donors (Lipinski definition) is 3. The first kappa shape index (κ1) is 18.1. The van der Waals surface area contributed by atoms with E-state index in [0.717, 1.165) is 17.7 Å². The maximum absolute atomic E-state index is 13.7. The summed E-state index contributed by atoms with van der Waals surface area (Å²) in [5, 5.41) is 11.7. The summed E-state index contributed by atoms with van der Waals surface area (Å²) in [7, 11) is 0. The number of anilines is 1. The zero-order valence-electron chi connectivity index (χ0n) is 13.2. The first-order chi connectivity index (χ1) is 11.9. The van der Waals surface area contributed by atoms with Crippen LogP contribution >= 0.6 is 0 Å². The number of carboxylic acid groups (broad SMARTS) is 1. The number of aliphatic carboxylic acids is 1. The lowest BCUT2D eigenvalue weighted by Gasteiger charge is -2.13. The minimum Gasteiger partial charge on any atom is -0.481 e. The second-order valence-corrected chi connectivity index (χ2v) is 5.54. The number of carbonyl (C=O) groups is 3. The number of carboxylic acids is 1. The molecule has 4 N–H and O–H groups in total. The number of nitrogens with one attached hydrogen (secondary N) is 1. The van der Waals surface area contributed by atoms with Crippen molar-refractivity contribution in [1.82, 2.24) is 0 Å². The van der Waals surface area contributed by atoms with E-state index in [-0.39, 0.29) is 24.1 Å². The number of rotatable bonds is 7. The molecule has 0 radical (unpaired) electrons. The molecule has 1 unspecified atom stereocenters. The molecule has 1 atom stereocenters. The van der Waals surface area contributed by atoms with E-state index < -0.39 is 29.5 Å². The SMILES string of the molecule is NC(=O)c1ccc(NC(=O)CC(Cc2ccccc2)C(=O)O)cc1F. The molecule has 0 saturated carbocycles. The summed E-state index contributed by atoms with van der Waals surface area (Å²) in [6, 6.07) is 12.4. The van der Waals surface area contributed by atoms with Crippen LogP contribution in [0, 0.1) is 11.7 Å². The van der Waals surface area contributed by atoms with Crippen LogP contribution in [-0.2, 0) is 16.0 Å². The number of carbonyl (C=O) groups excluding carboxylic acids is 2. The zero-order valence-corrected chi connectivity index (χ0v) is 13.2. The van der Waals surface area contributed by atoms with Gasteiger partial charge in [0.05, 0.1) is 11.5 Å². The van der Waals surface area contributed by atoms with E-state index in [4.69, 9.17) is 5.73 Å². The molecule has 0 spiro atoms. The van der Waals surface area contributed by atoms with Gasteiger partial charge in [-0.1, -0.05) is 30.3 Å². The zero-order chi connectivity index (χ0) is 18.4. The van der Waals surface area contributed by atoms with Crippen LogP contribution < -0.4 is 11.1 Å². The standard InChI is InChI=1S/C18H17FN2O4/c19-15-10-13(6-7-14(15)17(20)23)21-16(22)9-12(18(24)25)8-11-4-2-1-3-5-11/h1-7,10,12H,8-9H2,(H2,20,23)(H,21,22)(H,24,25). The van der Waals surface area contributed by atoms with Crippen LogP contribution in [0.3, 0.4) is 0 Å². The van der Waals surface area contributed by atoms with E-state index >= 15 is 0 Å². The molecule has 0 saturated heterocycles. The maximum Gasteiger partial charge on any atom is 0.307 e. The average molecular weight is 344 g/mol. The van der Waals surface area contributed by atoms with Crippen molar-refractivity contribution in [2.45, 2.75) is 12.8 Å². The van der Waals surface area contributed by atoms with Crippen LogP contribution in [0.25, 0.3) is 0 Å². The van der Waals surface area contributed by atoms with Gasteiger partial charge < -0.3 is 16.2 Å². The van der Waals surface area contributed by atoms with Gasteiger partial charge in [0.1, 0.15) is 5.82 Å². The minimum absolute atomic E-state index is 0.122. The van der Waals surface area contributed by atoms with Gasteiger partial charge in [-0.25, -0.2) is 4.39 Å². The number of hydrogen-bond acceptors (Lipinski definition) is 3. The highest BCUT2D eigenvalue weighted by molar-refractivity contribution is 5.95. The van der Waals surface area contributed by atoms with E-state index in [0.29, 0.717) is 0 Å². The van der Waals surface area contributed by atoms with Gasteiger partial charge in [0, 0.05) is 12.1 Å². The molecule has 0 heterocycles. The Hall–Kier alpha value is -3.22. The van der Waals surface area contributed by atoms with Crippen LogP contribution in [0.2, 0.25) is 0 Å². The fourth-order valence-electron chi connectivity index (χ4n) is 2.37. The molecule has 0 aromatic heterocycles. The third kappa shape index (κ3) is 5.13. The lowest BCUT2D eigenvalue weighted by atomic mass is 9.96. The monoisotopic (exact) mass is 344 g/mol. The van der Waals surface area contributed by atoms with Gasteiger partial charge in [0.25, 0.3) is 5.91 Å². The number of primary amides is 1. The Labute approximate surface area is 143 Å². The summed E-state index contributed by atoms with van der Waals surface area (Å²) in [6.07, 6.45) is -0.0536. The van der Waals surface area contributed by atoms with E-state index in [9.17, 15) is 23.9 Å². The topological polar surface area (TPSA) is 109 Å². The molecule has 0 aliphatic heterocycles. The summed E-state index contributed by atoms with van der Waals surface area (Å²) < 4.78 is 13.7. The second-order valence-electron chi connectivity index (χ2n) is 5.54. The number of nitrogens with two attached hydrogens (primary N) is 1. The molecule has 2 rings (SSSR count). The Morgan fingerprint density at radius 3 is 2.36 bits per heavy atom. The molecular weight excluding hydrogens is 327 g/mol. The van der Waals surface area contributed by atoms with Gasteiger partial charge in [-0.05, 0) is 30.2 Å². The van der Waals surface area contributed by atoms with Gasteiger partial charge in [-0.15, -0.1) is 0 Å². The van der Waals surface area contributed by atoms with E-state index in [1.165, 1.54) is 6.07 Å². The van der Waals surface area contributed by atoms with Gasteiger partial charge in [0.15, 0.2) is 0 Å². The van der Waals surface area contributed by atoms with Crippen LogP contribution in [-0.4, -0.2) is 22.9 Å². The summed E-state index contributed by atoms with van der Waals surface area (Å²) in [4.78, 5) is 34.4. The number of halogens is 1. The van der Waals surface area contributed by atoms with Crippen molar-refractivity contribution in [3.05, 3.63) is 65.5 Å². The number of benzene rings is 2. The summed E-state index contributed by atoms with van der Waals surface area (Å²) in [5.74, 6) is -4.32. The summed E-state index contributed by atoms with van der Waals surface area (Å²) in [5.41, 5.74) is 5.65.